The minimum atomic E-state index is 0. The van der Waals surface area contributed by atoms with E-state index in [1.54, 1.807) is 6.07 Å². The first-order valence-electron chi connectivity index (χ1n) is 5.82. The monoisotopic (exact) mass is 340 g/mol. The summed E-state index contributed by atoms with van der Waals surface area (Å²) in [6.07, 6.45) is 2.20. The van der Waals surface area contributed by atoms with Crippen molar-refractivity contribution in [3.63, 3.8) is 0 Å². The molecule has 1 N–H and O–H groups in total. The Balaban J connectivity index is 0.00000120. The number of hydrogen-bond acceptors (Lipinski definition) is 1. The minimum Gasteiger partial charge on any atom is -1.00 e. The second kappa shape index (κ2) is 7.90. The number of halogens is 2. The van der Waals surface area contributed by atoms with Crippen molar-refractivity contribution in [2.75, 3.05) is 0 Å². The third-order valence-corrected chi connectivity index (χ3v) is 3.39. The predicted octanol–water partition coefficient (Wildman–Crippen LogP) is -2.05. The summed E-state index contributed by atoms with van der Waals surface area (Å²) in [5, 5.41) is 9.99. The SMILES string of the molecule is CC1=Cc2ccccc2C1c1ccccc1O.[Cl-].[Cl-].[Ti+2]. The van der Waals surface area contributed by atoms with Gasteiger partial charge in [0.2, 0.25) is 0 Å². The molecule has 1 aliphatic carbocycles. The van der Waals surface area contributed by atoms with Crippen LogP contribution in [-0.2, 0) is 21.7 Å². The zero-order chi connectivity index (χ0) is 11.8. The molecule has 0 spiro atoms. The van der Waals surface area contributed by atoms with Crippen LogP contribution in [0.5, 0.6) is 5.75 Å². The fraction of sp³-hybridized carbons (Fsp3) is 0.125. The minimum absolute atomic E-state index is 0. The summed E-state index contributed by atoms with van der Waals surface area (Å²) in [4.78, 5) is 0. The fourth-order valence-corrected chi connectivity index (χ4v) is 2.62. The van der Waals surface area contributed by atoms with Gasteiger partial charge in [0.15, 0.2) is 0 Å². The summed E-state index contributed by atoms with van der Waals surface area (Å²) >= 11 is 0. The fourth-order valence-electron chi connectivity index (χ4n) is 2.62. The van der Waals surface area contributed by atoms with Crippen molar-refractivity contribution in [1.82, 2.24) is 0 Å². The molecule has 0 aromatic heterocycles. The third-order valence-electron chi connectivity index (χ3n) is 3.39. The molecule has 1 unspecified atom stereocenters. The van der Waals surface area contributed by atoms with E-state index in [0.717, 1.165) is 5.56 Å². The zero-order valence-corrected chi connectivity index (χ0v) is 14.1. The van der Waals surface area contributed by atoms with Crippen LogP contribution in [0.2, 0.25) is 0 Å². The number of benzene rings is 2. The molecule has 0 amide bonds. The van der Waals surface area contributed by atoms with E-state index >= 15 is 0 Å². The molecule has 102 valence electrons. The van der Waals surface area contributed by atoms with E-state index in [9.17, 15) is 5.11 Å². The number of hydrogen-bond donors (Lipinski definition) is 1. The summed E-state index contributed by atoms with van der Waals surface area (Å²) < 4.78 is 0. The molecule has 1 atom stereocenters. The van der Waals surface area contributed by atoms with Gasteiger partial charge in [-0.2, -0.15) is 0 Å². The van der Waals surface area contributed by atoms with E-state index in [4.69, 9.17) is 0 Å². The summed E-state index contributed by atoms with van der Waals surface area (Å²) in [5.41, 5.74) is 4.82. The number of allylic oxidation sites excluding steroid dienone is 1. The Morgan fingerprint density at radius 2 is 1.40 bits per heavy atom. The zero-order valence-electron chi connectivity index (χ0n) is 11.0. The van der Waals surface area contributed by atoms with Gasteiger partial charge in [-0.15, -0.1) is 0 Å². The molecule has 1 nitrogen and oxygen atoms in total. The van der Waals surface area contributed by atoms with Crippen molar-refractivity contribution in [2.45, 2.75) is 12.8 Å². The molecule has 2 aromatic rings. The Kier molecular flexibility index (Phi) is 7.61. The van der Waals surface area contributed by atoms with Crippen LogP contribution in [0.4, 0.5) is 0 Å². The van der Waals surface area contributed by atoms with Gasteiger partial charge in [-0.25, -0.2) is 0 Å². The van der Waals surface area contributed by atoms with Gasteiger partial charge >= 0.3 is 21.7 Å². The van der Waals surface area contributed by atoms with Crippen molar-refractivity contribution < 1.29 is 51.6 Å². The van der Waals surface area contributed by atoms with Crippen LogP contribution in [0.25, 0.3) is 6.08 Å². The van der Waals surface area contributed by atoms with Crippen LogP contribution < -0.4 is 24.8 Å². The van der Waals surface area contributed by atoms with Gasteiger partial charge < -0.3 is 29.9 Å². The molecular formula is C16H14Cl2OTi. The molecule has 0 heterocycles. The third kappa shape index (κ3) is 3.29. The van der Waals surface area contributed by atoms with Crippen LogP contribution in [0.1, 0.15) is 29.5 Å². The van der Waals surface area contributed by atoms with Crippen LogP contribution in [0.3, 0.4) is 0 Å². The molecule has 3 rings (SSSR count). The number of aromatic hydroxyl groups is 1. The van der Waals surface area contributed by atoms with Crippen molar-refractivity contribution >= 4 is 6.08 Å². The molecule has 2 aromatic carbocycles. The number of rotatable bonds is 1. The van der Waals surface area contributed by atoms with Crippen molar-refractivity contribution in [3.05, 3.63) is 70.8 Å². The molecule has 0 saturated carbocycles. The topological polar surface area (TPSA) is 20.2 Å². The second-order valence-electron chi connectivity index (χ2n) is 4.51. The first kappa shape index (κ1) is 19.3. The maximum absolute atomic E-state index is 9.99. The molecule has 0 radical (unpaired) electrons. The van der Waals surface area contributed by atoms with Gasteiger partial charge in [-0.3, -0.25) is 0 Å². The van der Waals surface area contributed by atoms with Gasteiger partial charge in [0.25, 0.3) is 0 Å². The first-order valence-corrected chi connectivity index (χ1v) is 5.82. The molecule has 0 aliphatic heterocycles. The number of phenolic OH excluding ortho intramolecular Hbond substituents is 1. The van der Waals surface area contributed by atoms with E-state index < -0.39 is 0 Å². The Morgan fingerprint density at radius 1 is 0.850 bits per heavy atom. The van der Waals surface area contributed by atoms with Crippen molar-refractivity contribution in [2.24, 2.45) is 0 Å². The van der Waals surface area contributed by atoms with E-state index in [-0.39, 0.29) is 52.4 Å². The summed E-state index contributed by atoms with van der Waals surface area (Å²) in [7, 11) is 0. The summed E-state index contributed by atoms with van der Waals surface area (Å²) in [6, 6.07) is 16.0. The van der Waals surface area contributed by atoms with Gasteiger partial charge in [0, 0.05) is 11.5 Å². The molecule has 0 bridgehead atoms. The number of fused-ring (bicyclic) bond motifs is 1. The molecular weight excluding hydrogens is 327 g/mol. The quantitative estimate of drug-likeness (QED) is 0.592. The number of phenols is 1. The summed E-state index contributed by atoms with van der Waals surface area (Å²) in [5.74, 6) is 0.578. The molecule has 0 fully saturated rings. The smallest absolute Gasteiger partial charge is 1.00 e. The average Bonchev–Trinajstić information content (AvgIpc) is 2.66. The average molecular weight is 341 g/mol. The molecule has 1 aliphatic rings. The van der Waals surface area contributed by atoms with E-state index in [0.29, 0.717) is 5.75 Å². The molecule has 20 heavy (non-hydrogen) atoms. The second-order valence-corrected chi connectivity index (χ2v) is 4.51. The van der Waals surface area contributed by atoms with Crippen molar-refractivity contribution in [1.29, 1.82) is 0 Å². The van der Waals surface area contributed by atoms with E-state index in [2.05, 4.69) is 37.3 Å². The Bertz CT molecular complexity index is 611. The standard InChI is InChI=1S/C16H14O.2ClH.Ti/c1-11-10-12-6-2-3-7-13(12)16(11)14-8-4-5-9-15(14)17;;;/h2-10,16-17H,1H3;2*1H;/q;;;+2/p-2. The maximum Gasteiger partial charge on any atom is 2.00 e. The first-order chi connectivity index (χ1) is 8.27. The maximum atomic E-state index is 9.99. The van der Waals surface area contributed by atoms with Gasteiger partial charge in [0.1, 0.15) is 5.75 Å². The number of para-hydroxylation sites is 1. The van der Waals surface area contributed by atoms with Gasteiger partial charge in [-0.1, -0.05) is 54.1 Å². The van der Waals surface area contributed by atoms with Crippen LogP contribution in [-0.4, -0.2) is 5.11 Å². The Hall–Kier alpha value is -0.726. The van der Waals surface area contributed by atoms with Crippen LogP contribution in [0, 0.1) is 0 Å². The van der Waals surface area contributed by atoms with Crippen LogP contribution in [0.15, 0.2) is 54.1 Å². The normalized spacial score (nSPS) is 15.1. The predicted molar refractivity (Wildman–Crippen MR) is 70.0 cm³/mol. The molecule has 0 saturated heterocycles. The van der Waals surface area contributed by atoms with E-state index in [1.165, 1.54) is 16.7 Å². The Labute approximate surface area is 146 Å². The molecule has 4 heteroatoms. The van der Waals surface area contributed by atoms with Crippen molar-refractivity contribution in [3.8, 4) is 5.75 Å². The summed E-state index contributed by atoms with van der Waals surface area (Å²) in [6.45, 7) is 2.12. The van der Waals surface area contributed by atoms with Crippen LogP contribution >= 0.6 is 0 Å². The van der Waals surface area contributed by atoms with Gasteiger partial charge in [0.05, 0.1) is 0 Å². The van der Waals surface area contributed by atoms with Gasteiger partial charge in [-0.05, 0) is 24.1 Å². The Morgan fingerprint density at radius 3 is 2.05 bits per heavy atom. The largest absolute Gasteiger partial charge is 2.00 e. The van der Waals surface area contributed by atoms with E-state index in [1.807, 2.05) is 18.2 Å².